The molecule has 0 bridgehead atoms. The lowest BCUT2D eigenvalue weighted by Gasteiger charge is -2.11. The molecule has 1 fully saturated rings. The van der Waals surface area contributed by atoms with E-state index in [1.165, 1.54) is 11.3 Å². The van der Waals surface area contributed by atoms with Gasteiger partial charge in [-0.25, -0.2) is 0 Å². The zero-order chi connectivity index (χ0) is 13.0. The average Bonchev–Trinajstić information content (AvgIpc) is 2.88. The monoisotopic (exact) mass is 302 g/mol. The van der Waals surface area contributed by atoms with Gasteiger partial charge in [0.2, 0.25) is 0 Å². The summed E-state index contributed by atoms with van der Waals surface area (Å²) in [6, 6.07) is 4.64. The van der Waals surface area contributed by atoms with E-state index >= 15 is 0 Å². The average molecular weight is 303 g/mol. The van der Waals surface area contributed by atoms with Gasteiger partial charge in [-0.15, -0.1) is 11.3 Å². The second-order valence-electron chi connectivity index (χ2n) is 4.92. The van der Waals surface area contributed by atoms with Crippen LogP contribution in [-0.2, 0) is 6.42 Å². The second-order valence-corrected chi connectivity index (χ2v) is 7.73. The predicted octanol–water partition coefficient (Wildman–Crippen LogP) is 4.05. The van der Waals surface area contributed by atoms with Crippen molar-refractivity contribution in [2.45, 2.75) is 32.7 Å². The number of aliphatic imine (C=N–C) groups is 1. The van der Waals surface area contributed by atoms with Gasteiger partial charge in [0.15, 0.2) is 5.17 Å². The van der Waals surface area contributed by atoms with Crippen LogP contribution < -0.4 is 5.32 Å². The van der Waals surface area contributed by atoms with Crippen molar-refractivity contribution < 1.29 is 0 Å². The molecule has 2 rings (SSSR count). The van der Waals surface area contributed by atoms with Crippen molar-refractivity contribution in [1.29, 1.82) is 0 Å². The van der Waals surface area contributed by atoms with Crippen molar-refractivity contribution in [3.63, 3.8) is 0 Å². The van der Waals surface area contributed by atoms with E-state index in [4.69, 9.17) is 11.6 Å². The van der Waals surface area contributed by atoms with E-state index in [1.54, 1.807) is 11.3 Å². The van der Waals surface area contributed by atoms with Gasteiger partial charge in [0.25, 0.3) is 0 Å². The third kappa shape index (κ3) is 4.48. The highest BCUT2D eigenvalue weighted by atomic mass is 35.5. The molecule has 100 valence electrons. The zero-order valence-electron chi connectivity index (χ0n) is 10.8. The van der Waals surface area contributed by atoms with Gasteiger partial charge in [-0.05, 0) is 24.5 Å². The molecular weight excluding hydrogens is 284 g/mol. The van der Waals surface area contributed by atoms with Gasteiger partial charge in [0.05, 0.1) is 4.34 Å². The SMILES string of the molecule is CC(C)CC1CSC(=NCCc2ccc(Cl)s2)N1. The summed E-state index contributed by atoms with van der Waals surface area (Å²) in [5.74, 6) is 1.90. The summed E-state index contributed by atoms with van der Waals surface area (Å²) in [7, 11) is 0. The molecule has 18 heavy (non-hydrogen) atoms. The first-order valence-corrected chi connectivity index (χ1v) is 8.49. The third-order valence-electron chi connectivity index (χ3n) is 2.75. The maximum atomic E-state index is 5.90. The molecule has 0 saturated carbocycles. The number of nitrogens with one attached hydrogen (secondary N) is 1. The molecule has 0 aromatic carbocycles. The van der Waals surface area contributed by atoms with E-state index in [1.807, 2.05) is 17.8 Å². The number of halogens is 1. The maximum absolute atomic E-state index is 5.90. The van der Waals surface area contributed by atoms with Crippen LogP contribution in [0.5, 0.6) is 0 Å². The zero-order valence-corrected chi connectivity index (χ0v) is 13.2. The summed E-state index contributed by atoms with van der Waals surface area (Å²) in [4.78, 5) is 5.93. The second kappa shape index (κ2) is 6.83. The van der Waals surface area contributed by atoms with Crippen molar-refractivity contribution in [3.8, 4) is 0 Å². The predicted molar refractivity (Wildman–Crippen MR) is 84.2 cm³/mol. The lowest BCUT2D eigenvalue weighted by atomic mass is 10.1. The third-order valence-corrected chi connectivity index (χ3v) is 5.13. The van der Waals surface area contributed by atoms with Crippen molar-refractivity contribution >= 4 is 39.9 Å². The quantitative estimate of drug-likeness (QED) is 0.887. The number of hydrogen-bond acceptors (Lipinski definition) is 3. The number of amidine groups is 1. The summed E-state index contributed by atoms with van der Waals surface area (Å²) >= 11 is 9.40. The Kier molecular flexibility index (Phi) is 5.39. The largest absolute Gasteiger partial charge is 0.361 e. The summed E-state index contributed by atoms with van der Waals surface area (Å²) in [5, 5.41) is 4.62. The maximum Gasteiger partial charge on any atom is 0.156 e. The molecule has 0 spiro atoms. The van der Waals surface area contributed by atoms with E-state index < -0.39 is 0 Å². The molecular formula is C13H19ClN2S2. The molecule has 1 aliphatic rings. The molecule has 0 amide bonds. The topological polar surface area (TPSA) is 24.4 Å². The minimum atomic E-state index is 0.602. The van der Waals surface area contributed by atoms with Crippen LogP contribution in [0.15, 0.2) is 17.1 Å². The van der Waals surface area contributed by atoms with Gasteiger partial charge in [-0.1, -0.05) is 37.2 Å². The smallest absolute Gasteiger partial charge is 0.156 e. The van der Waals surface area contributed by atoms with Crippen molar-refractivity contribution in [2.24, 2.45) is 10.9 Å². The van der Waals surface area contributed by atoms with Gasteiger partial charge in [-0.3, -0.25) is 4.99 Å². The van der Waals surface area contributed by atoms with Gasteiger partial charge >= 0.3 is 0 Å². The first-order chi connectivity index (χ1) is 8.63. The number of thioether (sulfide) groups is 1. The molecule has 1 atom stereocenters. The van der Waals surface area contributed by atoms with Gasteiger partial charge in [0.1, 0.15) is 0 Å². The lowest BCUT2D eigenvalue weighted by molar-refractivity contribution is 0.502. The van der Waals surface area contributed by atoms with Crippen LogP contribution in [0, 0.1) is 5.92 Å². The molecule has 1 aliphatic heterocycles. The first-order valence-electron chi connectivity index (χ1n) is 6.31. The number of hydrogen-bond donors (Lipinski definition) is 1. The molecule has 2 heterocycles. The molecule has 1 saturated heterocycles. The van der Waals surface area contributed by atoms with Crippen LogP contribution >= 0.6 is 34.7 Å². The van der Waals surface area contributed by atoms with Gasteiger partial charge in [-0.2, -0.15) is 0 Å². The van der Waals surface area contributed by atoms with Crippen molar-refractivity contribution in [2.75, 3.05) is 12.3 Å². The normalized spacial score (nSPS) is 21.8. The highest BCUT2D eigenvalue weighted by Crippen LogP contribution is 2.22. The van der Waals surface area contributed by atoms with Crippen LogP contribution in [0.4, 0.5) is 0 Å². The van der Waals surface area contributed by atoms with Crippen LogP contribution in [0.1, 0.15) is 25.1 Å². The molecule has 0 radical (unpaired) electrons. The fraction of sp³-hybridized carbons (Fsp3) is 0.615. The molecule has 0 aliphatic carbocycles. The van der Waals surface area contributed by atoms with E-state index in [9.17, 15) is 0 Å². The molecule has 1 aromatic heterocycles. The molecule has 5 heteroatoms. The first kappa shape index (κ1) is 14.2. The Labute approximate surface area is 122 Å². The van der Waals surface area contributed by atoms with Gasteiger partial charge < -0.3 is 5.32 Å². The van der Waals surface area contributed by atoms with Crippen molar-refractivity contribution in [1.82, 2.24) is 5.32 Å². The standard InChI is InChI=1S/C13H19ClN2S2/c1-9(2)7-10-8-17-13(16-10)15-6-5-11-3-4-12(14)18-11/h3-4,9-10H,5-8H2,1-2H3,(H,15,16). The summed E-state index contributed by atoms with van der Waals surface area (Å²) in [6.45, 7) is 5.38. The van der Waals surface area contributed by atoms with Crippen LogP contribution in [-0.4, -0.2) is 23.5 Å². The van der Waals surface area contributed by atoms with E-state index in [0.717, 1.165) is 34.1 Å². The minimum Gasteiger partial charge on any atom is -0.361 e. The van der Waals surface area contributed by atoms with Crippen molar-refractivity contribution in [3.05, 3.63) is 21.3 Å². The number of rotatable bonds is 5. The Morgan fingerprint density at radius 2 is 2.33 bits per heavy atom. The number of thiophene rings is 1. The fourth-order valence-electron chi connectivity index (χ4n) is 1.98. The van der Waals surface area contributed by atoms with Crippen LogP contribution in [0.25, 0.3) is 0 Å². The summed E-state index contributed by atoms with van der Waals surface area (Å²) in [5.41, 5.74) is 0. The molecule has 2 nitrogen and oxygen atoms in total. The molecule has 1 unspecified atom stereocenters. The Morgan fingerprint density at radius 3 is 3.00 bits per heavy atom. The van der Waals surface area contributed by atoms with Crippen LogP contribution in [0.2, 0.25) is 4.34 Å². The minimum absolute atomic E-state index is 0.602. The highest BCUT2D eigenvalue weighted by molar-refractivity contribution is 8.14. The van der Waals surface area contributed by atoms with Gasteiger partial charge in [0, 0.05) is 29.6 Å². The van der Waals surface area contributed by atoms with E-state index in [-0.39, 0.29) is 0 Å². The Bertz CT molecular complexity index is 415. The molecule has 1 aromatic rings. The summed E-state index contributed by atoms with van der Waals surface area (Å²) in [6.07, 6.45) is 2.21. The fourth-order valence-corrected chi connectivity index (χ4v) is 4.07. The Balaban J connectivity index is 1.74. The number of nitrogens with zero attached hydrogens (tertiary/aromatic N) is 1. The lowest BCUT2D eigenvalue weighted by Crippen LogP contribution is -2.28. The molecule has 1 N–H and O–H groups in total. The Morgan fingerprint density at radius 1 is 1.50 bits per heavy atom. The Hall–Kier alpha value is -0.190. The van der Waals surface area contributed by atoms with Crippen LogP contribution in [0.3, 0.4) is 0 Å². The van der Waals surface area contributed by atoms with E-state index in [2.05, 4.69) is 30.2 Å². The van der Waals surface area contributed by atoms with E-state index in [0.29, 0.717) is 6.04 Å². The highest BCUT2D eigenvalue weighted by Gasteiger charge is 2.20. The summed E-state index contributed by atoms with van der Waals surface area (Å²) < 4.78 is 0.864.